The Bertz CT molecular complexity index is 3070. The van der Waals surface area contributed by atoms with Gasteiger partial charge in [0.15, 0.2) is 6.07 Å². The lowest BCUT2D eigenvalue weighted by atomic mass is 9.91. The Balaban J connectivity index is 1.47. The zero-order valence-electron chi connectivity index (χ0n) is 25.8. The van der Waals surface area contributed by atoms with Crippen molar-refractivity contribution in [2.75, 3.05) is 0 Å². The minimum atomic E-state index is 0.884. The standard InChI is InChI=1S/C45H25N3/c46-28-12-21-34-32-17-6-7-19-35(32)44(38-25-24-29-13-4-5-16-31(29)42(34)38)48-40-23-11-9-20-37(40)43-41(48)27-26-36-33-18-8-10-22-39(33)47(45(36)43)30-14-2-1-3-15-30/h1-11,13-20,22-27H. The Morgan fingerprint density at radius 2 is 1.04 bits per heavy atom. The summed E-state index contributed by atoms with van der Waals surface area (Å²) in [4.78, 5) is 0. The van der Waals surface area contributed by atoms with Crippen LogP contribution in [0.15, 0.2) is 152 Å². The Labute approximate surface area is 276 Å². The third-order valence-corrected chi connectivity index (χ3v) is 9.84. The summed E-state index contributed by atoms with van der Waals surface area (Å²) in [5, 5.41) is 21.0. The van der Waals surface area contributed by atoms with E-state index in [1.54, 1.807) is 0 Å². The van der Waals surface area contributed by atoms with Gasteiger partial charge in [-0.05, 0) is 47.0 Å². The Morgan fingerprint density at radius 1 is 0.417 bits per heavy atom. The van der Waals surface area contributed by atoms with Crippen molar-refractivity contribution < 1.29 is 0 Å². The van der Waals surface area contributed by atoms with E-state index >= 15 is 0 Å². The van der Waals surface area contributed by atoms with E-state index in [9.17, 15) is 5.26 Å². The second-order valence-corrected chi connectivity index (χ2v) is 12.2. The lowest BCUT2D eigenvalue weighted by Gasteiger charge is -2.18. The minimum absolute atomic E-state index is 0.884. The van der Waals surface area contributed by atoms with Crippen LogP contribution >= 0.6 is 0 Å². The predicted octanol–water partition coefficient (Wildman–Crippen LogP) is 11.2. The van der Waals surface area contributed by atoms with Gasteiger partial charge in [0.2, 0.25) is 0 Å². The summed E-state index contributed by atoms with van der Waals surface area (Å²) in [5.41, 5.74) is 7.79. The van der Waals surface area contributed by atoms with Crippen LogP contribution in [0.1, 0.15) is 5.56 Å². The third kappa shape index (κ3) is 3.53. The highest BCUT2D eigenvalue weighted by Gasteiger charge is 2.24. The van der Waals surface area contributed by atoms with Crippen molar-refractivity contribution in [3.8, 4) is 29.3 Å². The fourth-order valence-electron chi connectivity index (χ4n) is 7.98. The molecule has 48 heavy (non-hydrogen) atoms. The molecule has 0 aliphatic carbocycles. The van der Waals surface area contributed by atoms with Crippen LogP contribution < -0.4 is 0 Å². The van der Waals surface area contributed by atoms with Gasteiger partial charge in [-0.2, -0.15) is 5.26 Å². The lowest BCUT2D eigenvalue weighted by Crippen LogP contribution is -2.00. The van der Waals surface area contributed by atoms with E-state index in [-0.39, 0.29) is 0 Å². The summed E-state index contributed by atoms with van der Waals surface area (Å²) in [6.45, 7) is 0. The number of rotatable bonds is 2. The first-order valence-electron chi connectivity index (χ1n) is 16.1. The van der Waals surface area contributed by atoms with Gasteiger partial charge in [-0.15, -0.1) is 0 Å². The normalized spacial score (nSPS) is 11.6. The van der Waals surface area contributed by atoms with E-state index in [0.717, 1.165) is 60.3 Å². The molecule has 8 aromatic carbocycles. The highest BCUT2D eigenvalue weighted by Crippen LogP contribution is 2.45. The molecule has 3 heteroatoms. The largest absolute Gasteiger partial charge is 0.309 e. The summed E-state index contributed by atoms with van der Waals surface area (Å²) in [5.74, 6) is 5.99. The van der Waals surface area contributed by atoms with Gasteiger partial charge in [0.25, 0.3) is 0 Å². The molecule has 3 nitrogen and oxygen atoms in total. The molecular weight excluding hydrogens is 583 g/mol. The van der Waals surface area contributed by atoms with Crippen molar-refractivity contribution >= 4 is 75.9 Å². The number of nitrogens with zero attached hydrogens (tertiary/aromatic N) is 3. The molecule has 0 N–H and O–H groups in total. The van der Waals surface area contributed by atoms with Crippen molar-refractivity contribution in [1.29, 1.82) is 5.26 Å². The van der Waals surface area contributed by atoms with Crippen LogP contribution in [-0.4, -0.2) is 9.13 Å². The minimum Gasteiger partial charge on any atom is -0.309 e. The Kier molecular flexibility index (Phi) is 5.56. The van der Waals surface area contributed by atoms with Gasteiger partial charge in [-0.1, -0.05) is 121 Å². The van der Waals surface area contributed by atoms with Crippen LogP contribution in [0.4, 0.5) is 0 Å². The van der Waals surface area contributed by atoms with Crippen molar-refractivity contribution in [3.63, 3.8) is 0 Å². The van der Waals surface area contributed by atoms with Gasteiger partial charge in [0.05, 0.1) is 27.8 Å². The second kappa shape index (κ2) is 10.1. The zero-order chi connectivity index (χ0) is 31.8. The smallest absolute Gasteiger partial charge is 0.152 e. The molecule has 0 atom stereocenters. The van der Waals surface area contributed by atoms with Crippen LogP contribution in [0.2, 0.25) is 0 Å². The van der Waals surface area contributed by atoms with Crippen molar-refractivity contribution in [3.05, 3.63) is 157 Å². The molecule has 10 rings (SSSR count). The summed E-state index contributed by atoms with van der Waals surface area (Å²) in [6.07, 6.45) is 0. The molecule has 0 fully saturated rings. The van der Waals surface area contributed by atoms with Crippen LogP contribution in [-0.2, 0) is 0 Å². The molecular formula is C45H25N3. The van der Waals surface area contributed by atoms with E-state index in [0.29, 0.717) is 0 Å². The number of para-hydroxylation sites is 3. The van der Waals surface area contributed by atoms with Crippen molar-refractivity contribution in [1.82, 2.24) is 9.13 Å². The number of nitriles is 1. The highest BCUT2D eigenvalue weighted by molar-refractivity contribution is 6.28. The molecule has 0 saturated heterocycles. The van der Waals surface area contributed by atoms with Crippen LogP contribution in [0.5, 0.6) is 0 Å². The van der Waals surface area contributed by atoms with E-state index in [2.05, 4.69) is 179 Å². The molecule has 2 heterocycles. The summed E-state index contributed by atoms with van der Waals surface area (Å²) >= 11 is 0. The van der Waals surface area contributed by atoms with Gasteiger partial charge >= 0.3 is 0 Å². The maximum atomic E-state index is 9.54. The first-order valence-corrected chi connectivity index (χ1v) is 16.1. The van der Waals surface area contributed by atoms with E-state index in [1.165, 1.54) is 32.6 Å². The van der Waals surface area contributed by atoms with Gasteiger partial charge in [0, 0.05) is 60.3 Å². The summed E-state index contributed by atoms with van der Waals surface area (Å²) in [6, 6.07) is 56.2. The SMILES string of the molecule is N#CC#Cc1c2ccccc2c(-n2c3ccccc3c3c2ccc2c4ccccc4n(-c4ccccc4)c23)c2ccc3ccccc3c12. The molecule has 0 amide bonds. The molecule has 0 radical (unpaired) electrons. The number of hydrogen-bond donors (Lipinski definition) is 0. The van der Waals surface area contributed by atoms with E-state index in [1.807, 2.05) is 0 Å². The van der Waals surface area contributed by atoms with Crippen LogP contribution in [0.25, 0.3) is 87.3 Å². The van der Waals surface area contributed by atoms with Gasteiger partial charge in [-0.3, -0.25) is 0 Å². The maximum Gasteiger partial charge on any atom is 0.152 e. The highest BCUT2D eigenvalue weighted by atomic mass is 15.0. The first kappa shape index (κ1) is 26.4. The van der Waals surface area contributed by atoms with E-state index in [4.69, 9.17) is 0 Å². The van der Waals surface area contributed by atoms with Gasteiger partial charge in [-0.25, -0.2) is 0 Å². The van der Waals surface area contributed by atoms with Crippen LogP contribution in [0.3, 0.4) is 0 Å². The number of aromatic nitrogens is 2. The quantitative estimate of drug-likeness (QED) is 0.109. The van der Waals surface area contributed by atoms with Gasteiger partial charge in [0.1, 0.15) is 0 Å². The van der Waals surface area contributed by atoms with E-state index < -0.39 is 0 Å². The maximum absolute atomic E-state index is 9.54. The molecule has 0 aliphatic rings. The average molecular weight is 608 g/mol. The van der Waals surface area contributed by atoms with Gasteiger partial charge < -0.3 is 9.13 Å². The lowest BCUT2D eigenvalue weighted by molar-refractivity contribution is 1.18. The monoisotopic (exact) mass is 607 g/mol. The summed E-state index contributed by atoms with van der Waals surface area (Å²) in [7, 11) is 0. The molecule has 0 aliphatic heterocycles. The zero-order valence-corrected chi connectivity index (χ0v) is 25.8. The number of benzene rings is 8. The fraction of sp³-hybridized carbons (Fsp3) is 0. The summed E-state index contributed by atoms with van der Waals surface area (Å²) < 4.78 is 4.88. The topological polar surface area (TPSA) is 33.6 Å². The molecule has 0 bridgehead atoms. The molecule has 220 valence electrons. The second-order valence-electron chi connectivity index (χ2n) is 12.2. The molecule has 2 aromatic heterocycles. The molecule has 0 spiro atoms. The van der Waals surface area contributed by atoms with Crippen molar-refractivity contribution in [2.45, 2.75) is 0 Å². The molecule has 0 unspecified atom stereocenters. The molecule has 10 aromatic rings. The molecule has 0 saturated carbocycles. The average Bonchev–Trinajstić information content (AvgIpc) is 3.66. The Hall–Kier alpha value is -6.81. The Morgan fingerprint density at radius 3 is 1.83 bits per heavy atom. The van der Waals surface area contributed by atoms with Crippen LogP contribution in [0, 0.1) is 23.2 Å². The predicted molar refractivity (Wildman–Crippen MR) is 200 cm³/mol. The number of fused-ring (bicyclic) bond motifs is 11. The fourth-order valence-corrected chi connectivity index (χ4v) is 7.98. The third-order valence-electron chi connectivity index (χ3n) is 9.84. The number of hydrogen-bond acceptors (Lipinski definition) is 1. The first-order chi connectivity index (χ1) is 23.8. The van der Waals surface area contributed by atoms with Crippen molar-refractivity contribution in [2.24, 2.45) is 0 Å².